The molecule has 0 saturated carbocycles. The number of alkyl halides is 4. The molecule has 3 heterocycles. The molecule has 49 heavy (non-hydrogen) atoms. The van der Waals surface area contributed by atoms with E-state index < -0.39 is 50.5 Å². The third kappa shape index (κ3) is 8.36. The Hall–Kier alpha value is -3.72. The number of halogens is 5. The first-order valence-electron chi connectivity index (χ1n) is 15.4. The van der Waals surface area contributed by atoms with Crippen LogP contribution in [0.25, 0.3) is 11.0 Å². The Morgan fingerprint density at radius 3 is 2.67 bits per heavy atom. The summed E-state index contributed by atoms with van der Waals surface area (Å²) in [6.45, 7) is 2.00. The smallest absolute Gasteiger partial charge is 0.406 e. The van der Waals surface area contributed by atoms with Crippen molar-refractivity contribution in [2.45, 2.75) is 54.8 Å². The zero-order valence-electron chi connectivity index (χ0n) is 27.0. The average molecular weight is 725 g/mol. The van der Waals surface area contributed by atoms with Crippen LogP contribution in [0.1, 0.15) is 35.7 Å². The van der Waals surface area contributed by atoms with Crippen LogP contribution in [0.2, 0.25) is 0 Å². The number of hydrogen-bond donors (Lipinski definition) is 2. The lowest BCUT2D eigenvalue weighted by Crippen LogP contribution is -2.63. The Kier molecular flexibility index (Phi) is 10.6. The van der Waals surface area contributed by atoms with Gasteiger partial charge in [0.05, 0.1) is 53.6 Å². The van der Waals surface area contributed by atoms with E-state index in [-0.39, 0.29) is 58.7 Å². The van der Waals surface area contributed by atoms with E-state index >= 15 is 0 Å². The number of nitrogens with zero attached hydrogens (tertiary/aromatic N) is 3. The van der Waals surface area contributed by atoms with Crippen molar-refractivity contribution in [3.05, 3.63) is 47.5 Å². The van der Waals surface area contributed by atoms with Gasteiger partial charge in [0.15, 0.2) is 9.84 Å². The van der Waals surface area contributed by atoms with Gasteiger partial charge in [0.1, 0.15) is 34.7 Å². The predicted octanol–water partition coefficient (Wildman–Crippen LogP) is 3.68. The molecule has 2 aliphatic heterocycles. The van der Waals surface area contributed by atoms with Gasteiger partial charge < -0.3 is 24.7 Å². The van der Waals surface area contributed by atoms with Gasteiger partial charge in [0.25, 0.3) is 5.91 Å². The van der Waals surface area contributed by atoms with E-state index in [9.17, 15) is 35.2 Å². The van der Waals surface area contributed by atoms with E-state index in [0.717, 1.165) is 29.3 Å². The predicted molar refractivity (Wildman–Crippen MR) is 173 cm³/mol. The van der Waals surface area contributed by atoms with Crippen LogP contribution in [0.4, 0.5) is 27.6 Å². The molecule has 2 saturated heterocycles. The summed E-state index contributed by atoms with van der Waals surface area (Å²) in [4.78, 5) is 19.5. The van der Waals surface area contributed by atoms with E-state index in [4.69, 9.17) is 9.47 Å². The number of benzene rings is 2. The zero-order valence-corrected chi connectivity index (χ0v) is 28.8. The molecule has 3 radical (unpaired) electrons. The topological polar surface area (TPSA) is 115 Å². The minimum Gasteiger partial charge on any atom is -0.495 e. The molecule has 1 amide bonds. The number of methoxy groups -OCH3 is 1. The second-order valence-electron chi connectivity index (χ2n) is 12.3. The maximum Gasteiger partial charge on any atom is 0.406 e. The van der Waals surface area contributed by atoms with E-state index in [1.165, 1.54) is 19.2 Å². The molecule has 2 fully saturated rings. The molecule has 17 heteroatoms. The molecule has 10 nitrogen and oxygen atoms in total. The maximum absolute atomic E-state index is 14.6. The minimum atomic E-state index is -4.56. The number of imidazole rings is 1. The number of hydrogen-bond acceptors (Lipinski definition) is 8. The molecule has 5 rings (SSSR count). The quantitative estimate of drug-likeness (QED) is 0.206. The molecule has 0 aliphatic carbocycles. The van der Waals surface area contributed by atoms with Gasteiger partial charge in [-0.15, -0.1) is 0 Å². The molecule has 2 unspecified atom stereocenters. The van der Waals surface area contributed by atoms with Crippen molar-refractivity contribution < 1.29 is 44.6 Å². The van der Waals surface area contributed by atoms with Crippen molar-refractivity contribution in [2.75, 3.05) is 51.5 Å². The van der Waals surface area contributed by atoms with Gasteiger partial charge in [-0.2, -0.15) is 13.2 Å². The Balaban J connectivity index is 1.39. The number of carbonyl (C=O) groups excluding carboxylic acids is 1. The van der Waals surface area contributed by atoms with E-state index in [1.807, 2.05) is 6.92 Å². The first kappa shape index (κ1) is 36.6. The largest absolute Gasteiger partial charge is 0.495 e. The average Bonchev–Trinajstić information content (AvgIpc) is 3.41. The minimum absolute atomic E-state index is 0.0105. The first-order valence-corrected chi connectivity index (χ1v) is 17.8. The number of ether oxygens (including phenoxy) is 2. The molecular weight excluding hydrogens is 690 g/mol. The zero-order chi connectivity index (χ0) is 35.7. The van der Waals surface area contributed by atoms with Gasteiger partial charge in [-0.25, -0.2) is 22.2 Å². The number of aromatic nitrogens is 2. The Morgan fingerprint density at radius 2 is 2.02 bits per heavy atom. The van der Waals surface area contributed by atoms with Gasteiger partial charge in [0.2, 0.25) is 0 Å². The van der Waals surface area contributed by atoms with Crippen LogP contribution in [-0.2, 0) is 21.1 Å². The van der Waals surface area contributed by atoms with Crippen molar-refractivity contribution in [1.29, 1.82) is 0 Å². The number of rotatable bonds is 8. The Labute approximate surface area is 284 Å². The highest BCUT2D eigenvalue weighted by Crippen LogP contribution is 2.32. The fraction of sp³-hybridized carbons (Fsp3) is 0.500. The van der Waals surface area contributed by atoms with Crippen molar-refractivity contribution in [3.63, 3.8) is 0 Å². The van der Waals surface area contributed by atoms with E-state index in [1.54, 1.807) is 0 Å². The maximum atomic E-state index is 14.6. The number of piperidine rings is 1. The summed E-state index contributed by atoms with van der Waals surface area (Å²) in [7, 11) is 1.20. The fourth-order valence-electron chi connectivity index (χ4n) is 6.16. The van der Waals surface area contributed by atoms with Gasteiger partial charge >= 0.3 is 6.18 Å². The molecule has 2 aliphatic rings. The number of sulfone groups is 1. The summed E-state index contributed by atoms with van der Waals surface area (Å²) < 4.78 is 104. The highest BCUT2D eigenvalue weighted by molar-refractivity contribution is 7.90. The number of anilines is 1. The van der Waals surface area contributed by atoms with Crippen LogP contribution in [0.15, 0.2) is 35.5 Å². The summed E-state index contributed by atoms with van der Waals surface area (Å²) in [5, 5.41) is 4.95. The number of fused-ring (bicyclic) bond motifs is 1. The van der Waals surface area contributed by atoms with Crippen molar-refractivity contribution >= 4 is 42.7 Å². The lowest BCUT2D eigenvalue weighted by atomic mass is 9.89. The Bertz CT molecular complexity index is 1900. The standard InChI is InChI=1S/C32H35F5N5O5SSi/c1-19-15-41(25-6-10-47-16-23(25)34)9-7-31(19,49)40-30(43)21-11-20(12-26-29(21)39-18-42(26)17-32(35,36)37)5-4-8-38-24-13-22(33)28(48(3,44)45)14-27(24)46-2/h11-14,18-19,23,25,38H,6-10,15-17H2,1-3H3,(H,40,43)/t19-,23?,25?,31-/m0/s1. The lowest BCUT2D eigenvalue weighted by Gasteiger charge is -2.48. The number of nitrogens with one attached hydrogen (secondary N) is 2. The normalized spacial score (nSPS) is 23.5. The highest BCUT2D eigenvalue weighted by atomic mass is 32.2. The summed E-state index contributed by atoms with van der Waals surface area (Å²) in [6, 6.07) is 4.55. The van der Waals surface area contributed by atoms with Crippen molar-refractivity contribution in [3.8, 4) is 17.6 Å². The van der Waals surface area contributed by atoms with Crippen LogP contribution in [0.5, 0.6) is 5.75 Å². The number of carbonyl (C=O) groups is 1. The molecule has 263 valence electrons. The molecule has 2 aromatic carbocycles. The Morgan fingerprint density at radius 1 is 1.27 bits per heavy atom. The lowest BCUT2D eigenvalue weighted by molar-refractivity contribution is -0.139. The van der Waals surface area contributed by atoms with Crippen LogP contribution < -0.4 is 15.4 Å². The molecular formula is C32H35F5N5O5SSi. The second-order valence-corrected chi connectivity index (χ2v) is 15.2. The summed E-state index contributed by atoms with van der Waals surface area (Å²) in [5.74, 6) is 3.94. The van der Waals surface area contributed by atoms with Crippen molar-refractivity contribution in [2.24, 2.45) is 5.92 Å². The third-order valence-corrected chi connectivity index (χ3v) is 10.8. The highest BCUT2D eigenvalue weighted by Gasteiger charge is 2.42. The monoisotopic (exact) mass is 724 g/mol. The number of amides is 1. The molecule has 2 N–H and O–H groups in total. The summed E-state index contributed by atoms with van der Waals surface area (Å²) in [6.07, 6.45) is -2.79. The molecule has 0 spiro atoms. The van der Waals surface area contributed by atoms with Gasteiger partial charge in [-0.3, -0.25) is 9.69 Å². The van der Waals surface area contributed by atoms with Crippen LogP contribution in [0.3, 0.4) is 0 Å². The molecule has 3 aromatic rings. The molecule has 4 atom stereocenters. The fourth-order valence-corrected chi connectivity index (χ4v) is 7.22. The van der Waals surface area contributed by atoms with Crippen LogP contribution in [-0.4, -0.2) is 109 Å². The van der Waals surface area contributed by atoms with E-state index in [2.05, 4.69) is 42.6 Å². The second kappa shape index (κ2) is 14.3. The SMILES string of the molecule is COc1cc(S(C)(=O)=O)c(F)cc1NCC#Cc1cc(C(=O)N[C@]2([Si])CCN(C3CCOCC3F)C[C@@H]2C)c2ncn(CC(F)(F)F)c2c1. The summed E-state index contributed by atoms with van der Waals surface area (Å²) in [5.41, 5.74) is 0.452. The third-order valence-electron chi connectivity index (χ3n) is 8.77. The molecule has 1 aromatic heterocycles. The van der Waals surface area contributed by atoms with Gasteiger partial charge in [-0.1, -0.05) is 18.8 Å². The van der Waals surface area contributed by atoms with E-state index in [0.29, 0.717) is 32.5 Å². The summed E-state index contributed by atoms with van der Waals surface area (Å²) >= 11 is 0. The van der Waals surface area contributed by atoms with Crippen LogP contribution in [0, 0.1) is 23.6 Å². The number of likely N-dealkylation sites (tertiary alicyclic amines) is 1. The van der Waals surface area contributed by atoms with Gasteiger partial charge in [-0.05, 0) is 30.9 Å². The van der Waals surface area contributed by atoms with Crippen molar-refractivity contribution in [1.82, 2.24) is 19.8 Å². The van der Waals surface area contributed by atoms with Gasteiger partial charge in [0, 0.05) is 54.9 Å². The van der Waals surface area contributed by atoms with Crippen LogP contribution >= 0.6 is 0 Å². The first-order chi connectivity index (χ1) is 23.0. The molecule has 0 bridgehead atoms.